The predicted molar refractivity (Wildman–Crippen MR) is 104 cm³/mol. The van der Waals surface area contributed by atoms with E-state index in [1.165, 1.54) is 20.4 Å². The van der Waals surface area contributed by atoms with Crippen LogP contribution in [0.5, 0.6) is 11.9 Å². The van der Waals surface area contributed by atoms with Crippen LogP contribution < -0.4 is 9.47 Å². The second-order valence-electron chi connectivity index (χ2n) is 7.36. The zero-order chi connectivity index (χ0) is 23.3. The van der Waals surface area contributed by atoms with E-state index < -0.39 is 17.7 Å². The lowest BCUT2D eigenvalue weighted by molar-refractivity contribution is -0.138. The van der Waals surface area contributed by atoms with E-state index in [1.807, 2.05) is 0 Å². The van der Waals surface area contributed by atoms with Gasteiger partial charge in [-0.05, 0) is 18.4 Å². The van der Waals surface area contributed by atoms with Gasteiger partial charge >= 0.3 is 12.2 Å². The number of ether oxygens (including phenoxy) is 2. The molecule has 0 unspecified atom stereocenters. The highest BCUT2D eigenvalue weighted by molar-refractivity contribution is 5.68. The minimum Gasteiger partial charge on any atom is -0.480 e. The van der Waals surface area contributed by atoms with E-state index in [4.69, 9.17) is 9.47 Å². The molecule has 5 rings (SSSR count). The second kappa shape index (κ2) is 7.60. The first kappa shape index (κ1) is 21.0. The minimum absolute atomic E-state index is 0.0902. The number of imidazole rings is 1. The number of halogens is 4. The van der Waals surface area contributed by atoms with Gasteiger partial charge in [-0.25, -0.2) is 19.9 Å². The number of hydrogen-bond donors (Lipinski definition) is 0. The molecule has 4 heterocycles. The van der Waals surface area contributed by atoms with Crippen molar-refractivity contribution in [3.8, 4) is 23.1 Å². The molecular formula is C20H15F4N7O2. The first-order chi connectivity index (χ1) is 15.8. The van der Waals surface area contributed by atoms with E-state index in [0.29, 0.717) is 28.9 Å². The Balaban J connectivity index is 1.55. The average Bonchev–Trinajstić information content (AvgIpc) is 3.53. The lowest BCUT2D eigenvalue weighted by Gasteiger charge is -2.11. The molecule has 2 atom stereocenters. The summed E-state index contributed by atoms with van der Waals surface area (Å²) in [5, 5.41) is 4.30. The predicted octanol–water partition coefficient (Wildman–Crippen LogP) is 3.42. The van der Waals surface area contributed by atoms with Crippen LogP contribution in [0.4, 0.5) is 17.6 Å². The third kappa shape index (κ3) is 3.68. The van der Waals surface area contributed by atoms with Gasteiger partial charge in [0.1, 0.15) is 5.82 Å². The third-order valence-corrected chi connectivity index (χ3v) is 5.36. The Hall–Kier alpha value is -3.90. The van der Waals surface area contributed by atoms with Crippen molar-refractivity contribution in [1.29, 1.82) is 0 Å². The molecule has 1 fully saturated rings. The maximum Gasteiger partial charge on any atom is 0.419 e. The topological polar surface area (TPSA) is 100 Å². The molecule has 1 aliphatic rings. The lowest BCUT2D eigenvalue weighted by atomic mass is 10.1. The molecule has 170 valence electrons. The van der Waals surface area contributed by atoms with E-state index in [0.717, 1.165) is 23.1 Å². The fraction of sp³-hybridized carbons (Fsp3) is 0.300. The molecule has 0 bridgehead atoms. The van der Waals surface area contributed by atoms with Crippen LogP contribution in [-0.4, -0.2) is 48.8 Å². The number of hydrogen-bond acceptors (Lipinski definition) is 8. The zero-order valence-electron chi connectivity index (χ0n) is 17.2. The van der Waals surface area contributed by atoms with E-state index >= 15 is 0 Å². The normalized spacial score (nSPS) is 17.9. The molecule has 0 amide bonds. The number of alkyl halides is 3. The molecule has 4 aromatic rings. The summed E-state index contributed by atoms with van der Waals surface area (Å²) < 4.78 is 64.2. The number of fused-ring (bicyclic) bond motifs is 1. The Morgan fingerprint density at radius 2 is 1.73 bits per heavy atom. The molecule has 0 spiro atoms. The summed E-state index contributed by atoms with van der Waals surface area (Å²) in [5.41, 5.74) is 0.753. The SMILES string of the molecule is COc1ncc(-c2cc([C@H]3C[C@@H]3c3ncc(C(F)(F)F)cn3)c3ncc(F)n3n2)c(OC)n1. The van der Waals surface area contributed by atoms with Crippen molar-refractivity contribution in [1.82, 2.24) is 34.5 Å². The summed E-state index contributed by atoms with van der Waals surface area (Å²) in [5.74, 6) is -0.636. The Morgan fingerprint density at radius 3 is 2.39 bits per heavy atom. The quantitative estimate of drug-likeness (QED) is 0.417. The van der Waals surface area contributed by atoms with Gasteiger partial charge in [0.2, 0.25) is 11.8 Å². The van der Waals surface area contributed by atoms with E-state index in [1.54, 1.807) is 6.07 Å². The minimum atomic E-state index is -4.51. The van der Waals surface area contributed by atoms with Crippen molar-refractivity contribution in [2.24, 2.45) is 0 Å². The highest BCUT2D eigenvalue weighted by Gasteiger charge is 2.44. The van der Waals surface area contributed by atoms with Gasteiger partial charge in [-0.1, -0.05) is 0 Å². The number of aromatic nitrogens is 7. The number of nitrogens with zero attached hydrogens (tertiary/aromatic N) is 7. The molecule has 33 heavy (non-hydrogen) atoms. The van der Waals surface area contributed by atoms with Crippen LogP contribution in [0.25, 0.3) is 16.9 Å². The zero-order valence-corrected chi connectivity index (χ0v) is 17.2. The lowest BCUT2D eigenvalue weighted by Crippen LogP contribution is -2.07. The summed E-state index contributed by atoms with van der Waals surface area (Å²) >= 11 is 0. The van der Waals surface area contributed by atoms with Crippen LogP contribution >= 0.6 is 0 Å². The molecule has 4 aromatic heterocycles. The third-order valence-electron chi connectivity index (χ3n) is 5.36. The first-order valence-corrected chi connectivity index (χ1v) is 9.69. The van der Waals surface area contributed by atoms with Gasteiger partial charge in [-0.15, -0.1) is 0 Å². The Bertz CT molecular complexity index is 1340. The molecule has 0 aliphatic heterocycles. The van der Waals surface area contributed by atoms with Crippen molar-refractivity contribution in [2.75, 3.05) is 14.2 Å². The highest BCUT2D eigenvalue weighted by atomic mass is 19.4. The van der Waals surface area contributed by atoms with Gasteiger partial charge in [0.05, 0.1) is 37.2 Å². The van der Waals surface area contributed by atoms with Gasteiger partial charge in [0, 0.05) is 30.1 Å². The molecule has 1 aliphatic carbocycles. The van der Waals surface area contributed by atoms with Crippen molar-refractivity contribution < 1.29 is 27.0 Å². The molecule has 0 radical (unpaired) electrons. The van der Waals surface area contributed by atoms with Crippen LogP contribution in [-0.2, 0) is 6.18 Å². The highest BCUT2D eigenvalue weighted by Crippen LogP contribution is 2.54. The van der Waals surface area contributed by atoms with Gasteiger partial charge in [0.25, 0.3) is 0 Å². The van der Waals surface area contributed by atoms with Crippen molar-refractivity contribution >= 4 is 5.65 Å². The van der Waals surface area contributed by atoms with Crippen molar-refractivity contribution in [3.05, 3.63) is 53.8 Å². The molecule has 9 nitrogen and oxygen atoms in total. The second-order valence-corrected chi connectivity index (χ2v) is 7.36. The maximum atomic E-state index is 14.4. The van der Waals surface area contributed by atoms with Gasteiger partial charge in [-0.3, -0.25) is 0 Å². The van der Waals surface area contributed by atoms with Crippen LogP contribution in [0.3, 0.4) is 0 Å². The summed E-state index contributed by atoms with van der Waals surface area (Å²) in [6, 6.07) is 1.80. The number of methoxy groups -OCH3 is 2. The van der Waals surface area contributed by atoms with Crippen molar-refractivity contribution in [3.63, 3.8) is 0 Å². The largest absolute Gasteiger partial charge is 0.480 e. The monoisotopic (exact) mass is 461 g/mol. The fourth-order valence-corrected chi connectivity index (χ4v) is 3.65. The molecular weight excluding hydrogens is 446 g/mol. The van der Waals surface area contributed by atoms with Gasteiger partial charge in [0.15, 0.2) is 5.65 Å². The van der Waals surface area contributed by atoms with E-state index in [2.05, 4.69) is 30.0 Å². The fourth-order valence-electron chi connectivity index (χ4n) is 3.65. The van der Waals surface area contributed by atoms with Gasteiger partial charge in [-0.2, -0.15) is 32.2 Å². The summed E-state index contributed by atoms with van der Waals surface area (Å²) in [6.07, 6.45) is 0.0694. The smallest absolute Gasteiger partial charge is 0.419 e. The first-order valence-electron chi connectivity index (χ1n) is 9.69. The van der Waals surface area contributed by atoms with Crippen LogP contribution in [0.2, 0.25) is 0 Å². The summed E-state index contributed by atoms with van der Waals surface area (Å²) in [7, 11) is 2.83. The summed E-state index contributed by atoms with van der Waals surface area (Å²) in [6.45, 7) is 0. The van der Waals surface area contributed by atoms with Crippen molar-refractivity contribution in [2.45, 2.75) is 24.4 Å². The number of rotatable bonds is 5. The van der Waals surface area contributed by atoms with E-state index in [-0.39, 0.29) is 29.6 Å². The maximum absolute atomic E-state index is 14.4. The summed E-state index contributed by atoms with van der Waals surface area (Å²) in [4.78, 5) is 20.1. The van der Waals surface area contributed by atoms with Crippen LogP contribution in [0.15, 0.2) is 30.9 Å². The molecule has 0 saturated heterocycles. The van der Waals surface area contributed by atoms with Crippen LogP contribution in [0, 0.1) is 5.95 Å². The molecule has 0 N–H and O–H groups in total. The Labute approximate surface area is 183 Å². The van der Waals surface area contributed by atoms with E-state index in [9.17, 15) is 17.6 Å². The molecule has 1 saturated carbocycles. The van der Waals surface area contributed by atoms with Gasteiger partial charge < -0.3 is 9.47 Å². The van der Waals surface area contributed by atoms with Crippen LogP contribution in [0.1, 0.15) is 35.2 Å². The molecule has 0 aromatic carbocycles. The average molecular weight is 461 g/mol. The Kier molecular flexibility index (Phi) is 4.83. The molecule has 13 heteroatoms. The standard InChI is InChI=1S/C20H15F4N7O2/c1-32-18-13(7-28-19(29-18)33-2)14-4-12(17-27-8-15(21)31(17)30-14)10-3-11(10)16-25-5-9(6-26-16)20(22,23)24/h4-8,10-11H,3H2,1-2H3/t10-,11-/m0/s1. The Morgan fingerprint density at radius 1 is 0.970 bits per heavy atom.